The lowest BCUT2D eigenvalue weighted by atomic mass is 10.1. The molecule has 0 aliphatic heterocycles. The normalized spacial score (nSPS) is 10.7. The Bertz CT molecular complexity index is 977. The third kappa shape index (κ3) is 6.87. The number of carbonyl (C=O) groups excluding carboxylic acids is 2. The van der Waals surface area contributed by atoms with Crippen LogP contribution in [0.3, 0.4) is 0 Å². The summed E-state index contributed by atoms with van der Waals surface area (Å²) in [5.74, 6) is 0.0768. The molecule has 1 N–H and O–H groups in total. The topological polar surface area (TPSA) is 107 Å². The fourth-order valence-corrected chi connectivity index (χ4v) is 2.59. The highest BCUT2D eigenvalue weighted by Gasteiger charge is 2.11. The molecule has 0 aliphatic rings. The molecule has 31 heavy (non-hydrogen) atoms. The average Bonchev–Trinajstić information content (AvgIpc) is 2.81. The van der Waals surface area contributed by atoms with E-state index in [1.807, 2.05) is 6.07 Å². The predicted molar refractivity (Wildman–Crippen MR) is 114 cm³/mol. The third-order valence-corrected chi connectivity index (χ3v) is 4.22. The molecule has 0 heterocycles. The van der Waals surface area contributed by atoms with E-state index in [0.29, 0.717) is 35.8 Å². The van der Waals surface area contributed by atoms with Crippen molar-refractivity contribution < 1.29 is 28.5 Å². The fraction of sp³-hybridized carbons (Fsp3) is 0.261. The average molecular weight is 424 g/mol. The van der Waals surface area contributed by atoms with Gasteiger partial charge < -0.3 is 24.3 Å². The molecule has 0 aromatic heterocycles. The Morgan fingerprint density at radius 2 is 1.81 bits per heavy atom. The molecule has 0 saturated heterocycles. The van der Waals surface area contributed by atoms with Crippen LogP contribution >= 0.6 is 0 Å². The van der Waals surface area contributed by atoms with E-state index in [1.165, 1.54) is 27.4 Å². The van der Waals surface area contributed by atoms with E-state index < -0.39 is 11.9 Å². The first-order valence-corrected chi connectivity index (χ1v) is 9.39. The molecule has 2 aromatic carbocycles. The number of nitrogens with zero attached hydrogens (tertiary/aromatic N) is 1. The molecule has 0 saturated carbocycles. The van der Waals surface area contributed by atoms with E-state index in [-0.39, 0.29) is 12.2 Å². The van der Waals surface area contributed by atoms with Crippen LogP contribution in [0, 0.1) is 11.3 Å². The van der Waals surface area contributed by atoms with Crippen molar-refractivity contribution in [2.75, 3.05) is 34.5 Å². The van der Waals surface area contributed by atoms with Crippen molar-refractivity contribution in [1.29, 1.82) is 5.26 Å². The van der Waals surface area contributed by atoms with Crippen LogP contribution in [0.15, 0.2) is 48.0 Å². The van der Waals surface area contributed by atoms with Crippen LogP contribution < -0.4 is 14.8 Å². The summed E-state index contributed by atoms with van der Waals surface area (Å²) in [6.45, 7) is 0.930. The Morgan fingerprint density at radius 1 is 1.06 bits per heavy atom. The maximum Gasteiger partial charge on any atom is 0.337 e. The van der Waals surface area contributed by atoms with E-state index in [2.05, 4.69) is 10.1 Å². The molecule has 1 amide bonds. The van der Waals surface area contributed by atoms with Crippen molar-refractivity contribution >= 4 is 18.0 Å². The lowest BCUT2D eigenvalue weighted by Gasteiger charge is -2.12. The fourth-order valence-electron chi connectivity index (χ4n) is 2.59. The standard InChI is InChI=1S/C23H24N2O6/c1-28-11-10-25-22(26)19(14-24)12-17-6-9-20(21(13-17)29-2)31-15-16-4-7-18(8-5-16)23(27)30-3/h4-9,12-13H,10-11,15H2,1-3H3,(H,25,26)/b19-12-. The Hall–Kier alpha value is -3.83. The van der Waals surface area contributed by atoms with E-state index >= 15 is 0 Å². The zero-order chi connectivity index (χ0) is 22.6. The monoisotopic (exact) mass is 424 g/mol. The molecule has 2 aromatic rings. The second-order valence-electron chi connectivity index (χ2n) is 6.31. The largest absolute Gasteiger partial charge is 0.493 e. The van der Waals surface area contributed by atoms with Crippen LogP contribution in [0.25, 0.3) is 6.08 Å². The van der Waals surface area contributed by atoms with E-state index in [4.69, 9.17) is 14.2 Å². The van der Waals surface area contributed by atoms with Gasteiger partial charge in [-0.05, 0) is 41.5 Å². The molecule has 0 atom stereocenters. The van der Waals surface area contributed by atoms with Gasteiger partial charge in [0.25, 0.3) is 5.91 Å². The smallest absolute Gasteiger partial charge is 0.337 e. The predicted octanol–water partition coefficient (Wildman–Crippen LogP) is 2.73. The Morgan fingerprint density at radius 3 is 2.42 bits per heavy atom. The molecular formula is C23H24N2O6. The molecule has 0 unspecified atom stereocenters. The molecule has 0 fully saturated rings. The summed E-state index contributed by atoms with van der Waals surface area (Å²) in [7, 11) is 4.36. The molecule has 8 heteroatoms. The Kier molecular flexibility index (Phi) is 9.08. The van der Waals surface area contributed by atoms with Crippen LogP contribution in [0.1, 0.15) is 21.5 Å². The quantitative estimate of drug-likeness (QED) is 0.270. The molecular weight excluding hydrogens is 400 g/mol. The van der Waals surface area contributed by atoms with E-state index in [0.717, 1.165) is 5.56 Å². The molecule has 0 spiro atoms. The van der Waals surface area contributed by atoms with Crippen LogP contribution in [-0.4, -0.2) is 46.4 Å². The third-order valence-electron chi connectivity index (χ3n) is 4.22. The van der Waals surface area contributed by atoms with Gasteiger partial charge in [0.15, 0.2) is 11.5 Å². The summed E-state index contributed by atoms with van der Waals surface area (Å²) in [6.07, 6.45) is 1.47. The number of ether oxygens (including phenoxy) is 4. The maximum absolute atomic E-state index is 12.1. The highest BCUT2D eigenvalue weighted by molar-refractivity contribution is 6.01. The molecule has 0 bridgehead atoms. The number of nitriles is 1. The first kappa shape index (κ1) is 23.4. The van der Waals surface area contributed by atoms with Crippen molar-refractivity contribution in [3.63, 3.8) is 0 Å². The van der Waals surface area contributed by atoms with Gasteiger partial charge in [0.05, 0.1) is 26.4 Å². The number of methoxy groups -OCH3 is 3. The van der Waals surface area contributed by atoms with Gasteiger partial charge in [-0.2, -0.15) is 5.26 Å². The zero-order valence-corrected chi connectivity index (χ0v) is 17.6. The number of carbonyl (C=O) groups is 2. The van der Waals surface area contributed by atoms with Crippen molar-refractivity contribution in [1.82, 2.24) is 5.32 Å². The van der Waals surface area contributed by atoms with Crippen molar-refractivity contribution in [3.8, 4) is 17.6 Å². The Balaban J connectivity index is 2.09. The number of nitrogens with one attached hydrogen (secondary N) is 1. The zero-order valence-electron chi connectivity index (χ0n) is 17.6. The number of amides is 1. The second kappa shape index (κ2) is 12.0. The van der Waals surface area contributed by atoms with Crippen molar-refractivity contribution in [2.24, 2.45) is 0 Å². The number of hydrogen-bond acceptors (Lipinski definition) is 7. The maximum atomic E-state index is 12.1. The molecule has 2 rings (SSSR count). The van der Waals surface area contributed by atoms with Gasteiger partial charge in [0, 0.05) is 13.7 Å². The van der Waals surface area contributed by atoms with Gasteiger partial charge >= 0.3 is 5.97 Å². The first-order valence-electron chi connectivity index (χ1n) is 9.39. The minimum absolute atomic E-state index is 0.0301. The summed E-state index contributed by atoms with van der Waals surface area (Å²) in [5.41, 5.74) is 1.90. The highest BCUT2D eigenvalue weighted by atomic mass is 16.5. The van der Waals surface area contributed by atoms with Gasteiger partial charge in [-0.3, -0.25) is 4.79 Å². The lowest BCUT2D eigenvalue weighted by Crippen LogP contribution is -2.27. The highest BCUT2D eigenvalue weighted by Crippen LogP contribution is 2.29. The van der Waals surface area contributed by atoms with Gasteiger partial charge in [-0.15, -0.1) is 0 Å². The minimum Gasteiger partial charge on any atom is -0.493 e. The van der Waals surface area contributed by atoms with Crippen molar-refractivity contribution in [2.45, 2.75) is 6.61 Å². The SMILES string of the molecule is COCCNC(=O)/C(C#N)=C\c1ccc(OCc2ccc(C(=O)OC)cc2)c(OC)c1. The summed E-state index contributed by atoms with van der Waals surface area (Å²) in [6, 6.07) is 13.9. The summed E-state index contributed by atoms with van der Waals surface area (Å²) < 4.78 is 20.8. The van der Waals surface area contributed by atoms with Crippen LogP contribution in [-0.2, 0) is 20.9 Å². The number of hydrogen-bond donors (Lipinski definition) is 1. The van der Waals surface area contributed by atoms with Gasteiger partial charge in [0.1, 0.15) is 18.2 Å². The van der Waals surface area contributed by atoms with E-state index in [9.17, 15) is 14.9 Å². The van der Waals surface area contributed by atoms with Crippen LogP contribution in [0.4, 0.5) is 0 Å². The van der Waals surface area contributed by atoms with Crippen LogP contribution in [0.2, 0.25) is 0 Å². The lowest BCUT2D eigenvalue weighted by molar-refractivity contribution is -0.117. The molecule has 162 valence electrons. The summed E-state index contributed by atoms with van der Waals surface area (Å²) in [5, 5.41) is 11.9. The van der Waals surface area contributed by atoms with Gasteiger partial charge in [0.2, 0.25) is 0 Å². The molecule has 0 radical (unpaired) electrons. The summed E-state index contributed by atoms with van der Waals surface area (Å²) in [4.78, 5) is 23.6. The molecule has 8 nitrogen and oxygen atoms in total. The summed E-state index contributed by atoms with van der Waals surface area (Å²) >= 11 is 0. The van der Waals surface area contributed by atoms with E-state index in [1.54, 1.807) is 42.5 Å². The first-order chi connectivity index (χ1) is 15.0. The van der Waals surface area contributed by atoms with Crippen molar-refractivity contribution in [3.05, 3.63) is 64.7 Å². The second-order valence-corrected chi connectivity index (χ2v) is 6.31. The minimum atomic E-state index is -0.478. The number of esters is 1. The molecule has 0 aliphatic carbocycles. The van der Waals surface area contributed by atoms with Gasteiger partial charge in [-0.25, -0.2) is 4.79 Å². The van der Waals surface area contributed by atoms with Gasteiger partial charge in [-0.1, -0.05) is 18.2 Å². The number of benzene rings is 2. The van der Waals surface area contributed by atoms with Crippen LogP contribution in [0.5, 0.6) is 11.5 Å². The number of rotatable bonds is 10. The Labute approximate surface area is 181 Å².